The smallest absolute Gasteiger partial charge is 0.325 e. The first-order valence-electron chi connectivity index (χ1n) is 9.49. The van der Waals surface area contributed by atoms with Gasteiger partial charge in [-0.25, -0.2) is 4.79 Å². The van der Waals surface area contributed by atoms with Gasteiger partial charge in [0.25, 0.3) is 5.91 Å². The lowest BCUT2D eigenvalue weighted by Gasteiger charge is -2.13. The first-order valence-corrected chi connectivity index (χ1v) is 9.49. The Morgan fingerprint density at radius 3 is 2.39 bits per heavy atom. The molecule has 3 rings (SSSR count). The van der Waals surface area contributed by atoms with E-state index in [0.717, 1.165) is 11.3 Å². The van der Waals surface area contributed by atoms with Crippen molar-refractivity contribution in [2.45, 2.75) is 45.2 Å². The molecule has 1 aliphatic heterocycles. The van der Waals surface area contributed by atoms with E-state index in [1.165, 1.54) is 10.5 Å². The SMILES string of the molecule is CC(C)c1ccc(NC(=O)CC[C@H]2NC(=O)N(Cc3ccccc3)C2=O)cc1. The topological polar surface area (TPSA) is 78.5 Å². The summed E-state index contributed by atoms with van der Waals surface area (Å²) < 4.78 is 0. The fraction of sp³-hybridized carbons (Fsp3) is 0.318. The lowest BCUT2D eigenvalue weighted by Crippen LogP contribution is -2.31. The van der Waals surface area contributed by atoms with Crippen molar-refractivity contribution in [3.8, 4) is 0 Å². The van der Waals surface area contributed by atoms with Crippen LogP contribution in [0.15, 0.2) is 54.6 Å². The Bertz CT molecular complexity index is 847. The Balaban J connectivity index is 1.50. The Morgan fingerprint density at radius 1 is 1.07 bits per heavy atom. The third-order valence-corrected chi connectivity index (χ3v) is 4.81. The van der Waals surface area contributed by atoms with Gasteiger partial charge in [0.2, 0.25) is 5.91 Å². The van der Waals surface area contributed by atoms with Gasteiger partial charge in [-0.2, -0.15) is 0 Å². The Labute approximate surface area is 164 Å². The molecule has 0 aliphatic carbocycles. The number of hydrogen-bond donors (Lipinski definition) is 2. The van der Waals surface area contributed by atoms with E-state index < -0.39 is 12.1 Å². The van der Waals surface area contributed by atoms with Crippen molar-refractivity contribution in [1.82, 2.24) is 10.2 Å². The number of hydrogen-bond acceptors (Lipinski definition) is 3. The van der Waals surface area contributed by atoms with Crippen LogP contribution >= 0.6 is 0 Å². The molecule has 1 heterocycles. The molecule has 4 amide bonds. The molecule has 0 saturated carbocycles. The average molecular weight is 379 g/mol. The van der Waals surface area contributed by atoms with Crippen LogP contribution < -0.4 is 10.6 Å². The molecule has 6 nitrogen and oxygen atoms in total. The lowest BCUT2D eigenvalue weighted by atomic mass is 10.0. The molecule has 2 aromatic carbocycles. The normalized spacial score (nSPS) is 16.4. The molecule has 1 aliphatic rings. The number of amides is 4. The molecule has 6 heteroatoms. The zero-order chi connectivity index (χ0) is 20.1. The Kier molecular flexibility index (Phi) is 6.09. The first-order chi connectivity index (χ1) is 13.4. The van der Waals surface area contributed by atoms with Crippen LogP contribution in [0.2, 0.25) is 0 Å². The van der Waals surface area contributed by atoms with E-state index in [0.29, 0.717) is 5.92 Å². The fourth-order valence-corrected chi connectivity index (χ4v) is 3.14. The van der Waals surface area contributed by atoms with Crippen molar-refractivity contribution in [3.05, 3.63) is 65.7 Å². The largest absolute Gasteiger partial charge is 0.326 e. The second kappa shape index (κ2) is 8.69. The van der Waals surface area contributed by atoms with E-state index in [4.69, 9.17) is 0 Å². The highest BCUT2D eigenvalue weighted by Crippen LogP contribution is 2.18. The first kappa shape index (κ1) is 19.6. The van der Waals surface area contributed by atoms with Gasteiger partial charge >= 0.3 is 6.03 Å². The highest BCUT2D eigenvalue weighted by Gasteiger charge is 2.37. The van der Waals surface area contributed by atoms with Crippen LogP contribution in [0.25, 0.3) is 0 Å². The Morgan fingerprint density at radius 2 is 1.75 bits per heavy atom. The van der Waals surface area contributed by atoms with Crippen LogP contribution in [0.1, 0.15) is 43.7 Å². The fourth-order valence-electron chi connectivity index (χ4n) is 3.14. The molecule has 146 valence electrons. The summed E-state index contributed by atoms with van der Waals surface area (Å²) in [7, 11) is 0. The number of nitrogens with one attached hydrogen (secondary N) is 2. The van der Waals surface area contributed by atoms with Gasteiger partial charge < -0.3 is 10.6 Å². The summed E-state index contributed by atoms with van der Waals surface area (Å²) in [6, 6.07) is 16.0. The van der Waals surface area contributed by atoms with Crippen molar-refractivity contribution in [2.24, 2.45) is 0 Å². The van der Waals surface area contributed by atoms with E-state index in [9.17, 15) is 14.4 Å². The summed E-state index contributed by atoms with van der Waals surface area (Å²) in [6.45, 7) is 4.46. The number of urea groups is 1. The lowest BCUT2D eigenvalue weighted by molar-refractivity contribution is -0.128. The molecule has 2 aromatic rings. The number of anilines is 1. The van der Waals surface area contributed by atoms with Crippen molar-refractivity contribution in [3.63, 3.8) is 0 Å². The molecule has 0 bridgehead atoms. The summed E-state index contributed by atoms with van der Waals surface area (Å²) in [5.41, 5.74) is 2.81. The van der Waals surface area contributed by atoms with Crippen molar-refractivity contribution >= 4 is 23.5 Å². The van der Waals surface area contributed by atoms with E-state index in [1.54, 1.807) is 0 Å². The summed E-state index contributed by atoms with van der Waals surface area (Å²) in [6.07, 6.45) is 0.424. The third kappa shape index (κ3) is 4.76. The number of imide groups is 1. The number of carbonyl (C=O) groups excluding carboxylic acids is 3. The van der Waals surface area contributed by atoms with Gasteiger partial charge in [-0.3, -0.25) is 14.5 Å². The number of carbonyl (C=O) groups is 3. The molecule has 1 saturated heterocycles. The maximum atomic E-state index is 12.5. The van der Waals surface area contributed by atoms with Gasteiger partial charge in [0.05, 0.1) is 6.54 Å². The minimum Gasteiger partial charge on any atom is -0.326 e. The van der Waals surface area contributed by atoms with Crippen molar-refractivity contribution in [2.75, 3.05) is 5.32 Å². The summed E-state index contributed by atoms with van der Waals surface area (Å²) in [4.78, 5) is 38.0. The molecule has 2 N–H and O–H groups in total. The molecule has 0 aromatic heterocycles. The molecular weight excluding hydrogens is 354 g/mol. The predicted molar refractivity (Wildman–Crippen MR) is 108 cm³/mol. The second-order valence-electron chi connectivity index (χ2n) is 7.28. The van der Waals surface area contributed by atoms with E-state index in [-0.39, 0.29) is 31.2 Å². The van der Waals surface area contributed by atoms with Crippen LogP contribution in [0.3, 0.4) is 0 Å². The van der Waals surface area contributed by atoms with Gasteiger partial charge in [-0.05, 0) is 35.6 Å². The molecule has 1 fully saturated rings. The minimum absolute atomic E-state index is 0.155. The van der Waals surface area contributed by atoms with Crippen molar-refractivity contribution < 1.29 is 14.4 Å². The highest BCUT2D eigenvalue weighted by atomic mass is 16.2. The van der Waals surface area contributed by atoms with Crippen LogP contribution in [0, 0.1) is 0 Å². The predicted octanol–water partition coefficient (Wildman–Crippen LogP) is 3.65. The molecule has 0 spiro atoms. The third-order valence-electron chi connectivity index (χ3n) is 4.81. The molecule has 0 unspecified atom stereocenters. The second-order valence-corrected chi connectivity index (χ2v) is 7.28. The van der Waals surface area contributed by atoms with Crippen LogP contribution in [0.5, 0.6) is 0 Å². The summed E-state index contributed by atoms with van der Waals surface area (Å²) >= 11 is 0. The van der Waals surface area contributed by atoms with Gasteiger partial charge in [0.1, 0.15) is 6.04 Å². The maximum Gasteiger partial charge on any atom is 0.325 e. The number of nitrogens with zero attached hydrogens (tertiary/aromatic N) is 1. The maximum absolute atomic E-state index is 12.5. The zero-order valence-electron chi connectivity index (χ0n) is 16.1. The van der Waals surface area contributed by atoms with Gasteiger partial charge in [0, 0.05) is 12.1 Å². The molecular formula is C22H25N3O3. The quantitative estimate of drug-likeness (QED) is 0.721. The summed E-state index contributed by atoms with van der Waals surface area (Å²) in [5.74, 6) is -0.0376. The van der Waals surface area contributed by atoms with E-state index >= 15 is 0 Å². The monoisotopic (exact) mass is 379 g/mol. The molecule has 0 radical (unpaired) electrons. The van der Waals surface area contributed by atoms with Crippen molar-refractivity contribution in [1.29, 1.82) is 0 Å². The van der Waals surface area contributed by atoms with Crippen LogP contribution in [0.4, 0.5) is 10.5 Å². The van der Waals surface area contributed by atoms with E-state index in [2.05, 4.69) is 24.5 Å². The number of rotatable bonds is 7. The molecule has 28 heavy (non-hydrogen) atoms. The van der Waals surface area contributed by atoms with Gasteiger partial charge in [0.15, 0.2) is 0 Å². The van der Waals surface area contributed by atoms with Gasteiger partial charge in [-0.1, -0.05) is 56.3 Å². The standard InChI is InChI=1S/C22H25N3O3/c1-15(2)17-8-10-18(11-9-17)23-20(26)13-12-19-21(27)25(22(28)24-19)14-16-6-4-3-5-7-16/h3-11,15,19H,12-14H2,1-2H3,(H,23,26)(H,24,28)/t19-/m1/s1. The van der Waals surface area contributed by atoms with Gasteiger partial charge in [-0.15, -0.1) is 0 Å². The Hall–Kier alpha value is -3.15. The number of benzene rings is 2. The average Bonchev–Trinajstić information content (AvgIpc) is 2.95. The zero-order valence-corrected chi connectivity index (χ0v) is 16.1. The van der Waals surface area contributed by atoms with Crippen LogP contribution in [-0.2, 0) is 16.1 Å². The van der Waals surface area contributed by atoms with Crippen LogP contribution in [-0.4, -0.2) is 28.8 Å². The molecule has 1 atom stereocenters. The minimum atomic E-state index is -0.662. The highest BCUT2D eigenvalue weighted by molar-refractivity contribution is 6.04. The van der Waals surface area contributed by atoms with E-state index in [1.807, 2.05) is 54.6 Å². The summed E-state index contributed by atoms with van der Waals surface area (Å²) in [5, 5.41) is 5.50.